The van der Waals surface area contributed by atoms with Crippen LogP contribution in [-0.4, -0.2) is 17.2 Å². The van der Waals surface area contributed by atoms with Crippen LogP contribution in [0.25, 0.3) is 10.9 Å². The van der Waals surface area contributed by atoms with Gasteiger partial charge >= 0.3 is 5.63 Å². The van der Waals surface area contributed by atoms with Crippen molar-refractivity contribution in [2.45, 2.75) is 6.92 Å². The number of hydrogen-bond donors (Lipinski definition) is 1. The van der Waals surface area contributed by atoms with Gasteiger partial charge in [0.15, 0.2) is 17.4 Å². The van der Waals surface area contributed by atoms with Gasteiger partial charge in [0.1, 0.15) is 0 Å². The van der Waals surface area contributed by atoms with E-state index in [1.54, 1.807) is 6.92 Å². The first-order valence-corrected chi connectivity index (χ1v) is 4.30. The molecule has 15 heavy (non-hydrogen) atoms. The van der Waals surface area contributed by atoms with Crippen molar-refractivity contribution < 1.29 is 14.3 Å². The number of phenols is 1. The van der Waals surface area contributed by atoms with Crippen LogP contribution in [0.1, 0.15) is 5.89 Å². The maximum Gasteiger partial charge on any atom is 0.346 e. The molecule has 0 fully saturated rings. The summed E-state index contributed by atoms with van der Waals surface area (Å²) < 4.78 is 9.71. The van der Waals surface area contributed by atoms with Gasteiger partial charge in [-0.15, -0.1) is 0 Å². The average Bonchev–Trinajstić information content (AvgIpc) is 2.16. The molecule has 2 aromatic rings. The number of phenolic OH excluding ortho intramolecular Hbond substituents is 1. The molecule has 5 heteroatoms. The lowest BCUT2D eigenvalue weighted by molar-refractivity contribution is 0.374. The number of aromatic nitrogens is 1. The molecule has 0 aliphatic rings. The number of ether oxygens (including phenoxy) is 1. The minimum absolute atomic E-state index is 0.0532. The van der Waals surface area contributed by atoms with Crippen molar-refractivity contribution in [3.05, 3.63) is 28.4 Å². The van der Waals surface area contributed by atoms with Crippen LogP contribution in [0.4, 0.5) is 0 Å². The molecule has 0 amide bonds. The Morgan fingerprint density at radius 1 is 1.47 bits per heavy atom. The molecule has 0 aliphatic carbocycles. The SMILES string of the molecule is COc1cc2c(=O)oc(C)nc2cc1O. The van der Waals surface area contributed by atoms with Crippen molar-refractivity contribution in [1.82, 2.24) is 4.98 Å². The Balaban J connectivity index is 2.87. The predicted octanol–water partition coefficient (Wildman–Crippen LogP) is 1.21. The van der Waals surface area contributed by atoms with Crippen LogP contribution in [0.5, 0.6) is 11.5 Å². The van der Waals surface area contributed by atoms with Crippen LogP contribution in [0, 0.1) is 6.92 Å². The second-order valence-electron chi connectivity index (χ2n) is 3.06. The van der Waals surface area contributed by atoms with Gasteiger partial charge in [-0.3, -0.25) is 0 Å². The summed E-state index contributed by atoms with van der Waals surface area (Å²) in [4.78, 5) is 15.4. The van der Waals surface area contributed by atoms with Gasteiger partial charge in [-0.25, -0.2) is 9.78 Å². The summed E-state index contributed by atoms with van der Waals surface area (Å²) in [5.41, 5.74) is -0.0992. The first-order valence-electron chi connectivity index (χ1n) is 4.30. The number of methoxy groups -OCH3 is 1. The Hall–Kier alpha value is -2.04. The summed E-state index contributed by atoms with van der Waals surface area (Å²) in [7, 11) is 1.41. The fraction of sp³-hybridized carbons (Fsp3) is 0.200. The van der Waals surface area contributed by atoms with Crippen LogP contribution in [0.15, 0.2) is 21.3 Å². The third kappa shape index (κ3) is 1.52. The summed E-state index contributed by atoms with van der Waals surface area (Å²) in [6.45, 7) is 1.57. The number of rotatable bonds is 1. The van der Waals surface area contributed by atoms with Crippen LogP contribution in [-0.2, 0) is 0 Å². The summed E-state index contributed by atoms with van der Waals surface area (Å²) in [5, 5.41) is 9.78. The number of nitrogens with zero attached hydrogens (tertiary/aromatic N) is 1. The van der Waals surface area contributed by atoms with E-state index in [1.807, 2.05) is 0 Å². The molecule has 2 rings (SSSR count). The molecule has 0 radical (unpaired) electrons. The first kappa shape index (κ1) is 9.51. The summed E-state index contributed by atoms with van der Waals surface area (Å²) >= 11 is 0. The molecule has 0 saturated heterocycles. The Labute approximate surface area is 84.9 Å². The highest BCUT2D eigenvalue weighted by Gasteiger charge is 2.09. The molecular formula is C10H9NO4. The molecule has 0 atom stereocenters. The zero-order valence-electron chi connectivity index (χ0n) is 8.27. The van der Waals surface area contributed by atoms with Crippen molar-refractivity contribution in [2.24, 2.45) is 0 Å². The molecule has 78 valence electrons. The normalized spacial score (nSPS) is 10.5. The monoisotopic (exact) mass is 207 g/mol. The molecule has 0 bridgehead atoms. The summed E-state index contributed by atoms with van der Waals surface area (Å²) in [6.07, 6.45) is 0. The van der Waals surface area contributed by atoms with E-state index in [0.717, 1.165) is 0 Å². The van der Waals surface area contributed by atoms with Gasteiger partial charge in [-0.2, -0.15) is 0 Å². The zero-order chi connectivity index (χ0) is 11.0. The minimum atomic E-state index is -0.490. The van der Waals surface area contributed by atoms with Crippen molar-refractivity contribution in [1.29, 1.82) is 0 Å². The van der Waals surface area contributed by atoms with Gasteiger partial charge < -0.3 is 14.3 Å². The molecule has 0 unspecified atom stereocenters. The predicted molar refractivity (Wildman–Crippen MR) is 53.2 cm³/mol. The number of benzene rings is 1. The Morgan fingerprint density at radius 3 is 2.87 bits per heavy atom. The van der Waals surface area contributed by atoms with Crippen molar-refractivity contribution in [3.8, 4) is 11.5 Å². The molecule has 0 saturated carbocycles. The number of hydrogen-bond acceptors (Lipinski definition) is 5. The van der Waals surface area contributed by atoms with E-state index >= 15 is 0 Å². The molecule has 1 N–H and O–H groups in total. The van der Waals surface area contributed by atoms with Gasteiger partial charge in [0, 0.05) is 19.1 Å². The molecule has 0 spiro atoms. The van der Waals surface area contributed by atoms with Gasteiger partial charge in [0.2, 0.25) is 0 Å². The Kier molecular flexibility index (Phi) is 2.07. The quantitative estimate of drug-likeness (QED) is 0.760. The molecular weight excluding hydrogens is 198 g/mol. The van der Waals surface area contributed by atoms with E-state index in [0.29, 0.717) is 5.52 Å². The van der Waals surface area contributed by atoms with E-state index in [1.165, 1.54) is 19.2 Å². The van der Waals surface area contributed by atoms with Crippen molar-refractivity contribution in [2.75, 3.05) is 7.11 Å². The average molecular weight is 207 g/mol. The number of aryl methyl sites for hydroxylation is 1. The highest BCUT2D eigenvalue weighted by Crippen LogP contribution is 2.28. The Morgan fingerprint density at radius 2 is 2.20 bits per heavy atom. The van der Waals surface area contributed by atoms with Crippen LogP contribution >= 0.6 is 0 Å². The molecule has 5 nitrogen and oxygen atoms in total. The van der Waals surface area contributed by atoms with E-state index in [2.05, 4.69) is 4.98 Å². The largest absolute Gasteiger partial charge is 0.504 e. The minimum Gasteiger partial charge on any atom is -0.504 e. The second kappa shape index (κ2) is 3.27. The first-order chi connectivity index (χ1) is 7.11. The third-order valence-corrected chi connectivity index (χ3v) is 2.04. The zero-order valence-corrected chi connectivity index (χ0v) is 8.27. The van der Waals surface area contributed by atoms with Crippen molar-refractivity contribution >= 4 is 10.9 Å². The van der Waals surface area contributed by atoms with Gasteiger partial charge in [0.05, 0.1) is 18.0 Å². The number of fused-ring (bicyclic) bond motifs is 1. The maximum atomic E-state index is 11.4. The fourth-order valence-corrected chi connectivity index (χ4v) is 1.36. The van der Waals surface area contributed by atoms with Crippen LogP contribution < -0.4 is 10.4 Å². The van der Waals surface area contributed by atoms with E-state index in [-0.39, 0.29) is 22.8 Å². The molecule has 1 aromatic heterocycles. The van der Waals surface area contributed by atoms with Gasteiger partial charge in [0.25, 0.3) is 0 Å². The fourth-order valence-electron chi connectivity index (χ4n) is 1.36. The summed E-state index contributed by atoms with van der Waals surface area (Å²) in [6, 6.07) is 2.78. The Bertz CT molecular complexity index is 573. The van der Waals surface area contributed by atoms with Crippen LogP contribution in [0.3, 0.4) is 0 Å². The smallest absolute Gasteiger partial charge is 0.346 e. The van der Waals surface area contributed by atoms with Crippen LogP contribution in [0.2, 0.25) is 0 Å². The lowest BCUT2D eigenvalue weighted by Crippen LogP contribution is -2.03. The maximum absolute atomic E-state index is 11.4. The van der Waals surface area contributed by atoms with E-state index in [4.69, 9.17) is 9.15 Å². The van der Waals surface area contributed by atoms with E-state index < -0.39 is 5.63 Å². The molecule has 1 aromatic carbocycles. The second-order valence-corrected chi connectivity index (χ2v) is 3.06. The standard InChI is InChI=1S/C10H9NO4/c1-5-11-7-4-8(12)9(14-2)3-6(7)10(13)15-5/h3-4,12H,1-2H3. The number of aromatic hydroxyl groups is 1. The third-order valence-electron chi connectivity index (χ3n) is 2.04. The summed E-state index contributed by atoms with van der Waals surface area (Å²) in [5.74, 6) is 0.431. The van der Waals surface area contributed by atoms with Crippen molar-refractivity contribution in [3.63, 3.8) is 0 Å². The lowest BCUT2D eigenvalue weighted by Gasteiger charge is -2.04. The molecule has 0 aliphatic heterocycles. The van der Waals surface area contributed by atoms with Gasteiger partial charge in [-0.05, 0) is 0 Å². The van der Waals surface area contributed by atoms with E-state index in [9.17, 15) is 9.90 Å². The molecule has 1 heterocycles. The highest BCUT2D eigenvalue weighted by atomic mass is 16.5. The lowest BCUT2D eigenvalue weighted by atomic mass is 10.2. The van der Waals surface area contributed by atoms with Gasteiger partial charge in [-0.1, -0.05) is 0 Å². The topological polar surface area (TPSA) is 72.6 Å². The highest BCUT2D eigenvalue weighted by molar-refractivity contribution is 5.81.